The van der Waals surface area contributed by atoms with Gasteiger partial charge < -0.3 is 10.1 Å². The molecule has 1 rings (SSSR count). The number of alkyl halides is 4. The molecule has 1 fully saturated rings. The SMILES string of the molecule is CC(CN1CCOCC1)NC(=O)C(F)(F)C(F)F. The Balaban J connectivity index is 2.39. The van der Waals surface area contributed by atoms with Crippen LogP contribution in [0.1, 0.15) is 6.92 Å². The van der Waals surface area contributed by atoms with Gasteiger partial charge in [0.05, 0.1) is 13.2 Å². The predicted octanol–water partition coefficient (Wildman–Crippen LogP) is 0.724. The molecule has 4 nitrogen and oxygen atoms in total. The summed E-state index contributed by atoms with van der Waals surface area (Å²) in [5.41, 5.74) is 0. The highest BCUT2D eigenvalue weighted by atomic mass is 19.3. The zero-order chi connectivity index (χ0) is 13.8. The molecule has 0 aromatic heterocycles. The molecule has 1 atom stereocenters. The highest BCUT2D eigenvalue weighted by molar-refractivity contribution is 5.84. The van der Waals surface area contributed by atoms with E-state index in [1.54, 1.807) is 0 Å². The van der Waals surface area contributed by atoms with Crippen LogP contribution in [0.2, 0.25) is 0 Å². The number of hydrogen-bond acceptors (Lipinski definition) is 3. The summed E-state index contributed by atoms with van der Waals surface area (Å²) in [5, 5.41) is 1.90. The Kier molecular flexibility index (Phi) is 5.33. The van der Waals surface area contributed by atoms with Gasteiger partial charge in [-0.15, -0.1) is 0 Å². The fourth-order valence-electron chi connectivity index (χ4n) is 1.64. The van der Waals surface area contributed by atoms with Gasteiger partial charge in [-0.2, -0.15) is 8.78 Å². The number of hydrogen-bond donors (Lipinski definition) is 1. The second-order valence-electron chi connectivity index (χ2n) is 4.21. The molecule has 0 aromatic carbocycles. The summed E-state index contributed by atoms with van der Waals surface area (Å²) in [6.45, 7) is 4.15. The molecule has 0 spiro atoms. The third-order valence-corrected chi connectivity index (χ3v) is 2.59. The van der Waals surface area contributed by atoms with Gasteiger partial charge in [0, 0.05) is 25.7 Å². The number of nitrogens with zero attached hydrogens (tertiary/aromatic N) is 1. The Hall–Kier alpha value is -0.890. The van der Waals surface area contributed by atoms with Gasteiger partial charge in [-0.05, 0) is 6.92 Å². The van der Waals surface area contributed by atoms with Crippen LogP contribution in [0.4, 0.5) is 17.6 Å². The van der Waals surface area contributed by atoms with E-state index >= 15 is 0 Å². The van der Waals surface area contributed by atoms with Gasteiger partial charge in [-0.1, -0.05) is 0 Å². The van der Waals surface area contributed by atoms with Gasteiger partial charge in [-0.3, -0.25) is 9.69 Å². The van der Waals surface area contributed by atoms with Gasteiger partial charge in [0.2, 0.25) is 0 Å². The number of nitrogens with one attached hydrogen (secondary N) is 1. The molecule has 8 heteroatoms. The van der Waals surface area contributed by atoms with E-state index in [-0.39, 0.29) is 0 Å². The van der Waals surface area contributed by atoms with E-state index in [1.165, 1.54) is 6.92 Å². The smallest absolute Gasteiger partial charge is 0.379 e. The number of morpholine rings is 1. The van der Waals surface area contributed by atoms with Crippen LogP contribution in [0.3, 0.4) is 0 Å². The van der Waals surface area contributed by atoms with E-state index in [4.69, 9.17) is 4.74 Å². The molecule has 1 aliphatic rings. The van der Waals surface area contributed by atoms with E-state index in [2.05, 4.69) is 0 Å². The first kappa shape index (κ1) is 15.2. The number of halogens is 4. The van der Waals surface area contributed by atoms with Crippen molar-refractivity contribution in [1.29, 1.82) is 0 Å². The lowest BCUT2D eigenvalue weighted by Crippen LogP contribution is -2.52. The quantitative estimate of drug-likeness (QED) is 0.750. The fraction of sp³-hybridized carbons (Fsp3) is 0.900. The van der Waals surface area contributed by atoms with Crippen molar-refractivity contribution in [2.45, 2.75) is 25.3 Å². The average molecular weight is 272 g/mol. The van der Waals surface area contributed by atoms with Crippen molar-refractivity contribution in [3.8, 4) is 0 Å². The Morgan fingerprint density at radius 1 is 1.39 bits per heavy atom. The van der Waals surface area contributed by atoms with Gasteiger partial charge >= 0.3 is 12.3 Å². The molecule has 0 bridgehead atoms. The topological polar surface area (TPSA) is 41.6 Å². The Morgan fingerprint density at radius 2 is 1.94 bits per heavy atom. The van der Waals surface area contributed by atoms with Crippen LogP contribution in [0, 0.1) is 0 Å². The third-order valence-electron chi connectivity index (χ3n) is 2.59. The Bertz CT molecular complexity index is 283. The Labute approximate surface area is 102 Å². The van der Waals surface area contributed by atoms with Crippen LogP contribution >= 0.6 is 0 Å². The molecule has 18 heavy (non-hydrogen) atoms. The Morgan fingerprint density at radius 3 is 2.44 bits per heavy atom. The van der Waals surface area contributed by atoms with Gasteiger partial charge in [0.1, 0.15) is 0 Å². The molecule has 0 saturated carbocycles. The molecule has 106 valence electrons. The molecule has 1 N–H and O–H groups in total. The van der Waals surface area contributed by atoms with Crippen molar-refractivity contribution in [2.75, 3.05) is 32.8 Å². The van der Waals surface area contributed by atoms with E-state index in [9.17, 15) is 22.4 Å². The summed E-state index contributed by atoms with van der Waals surface area (Å²) in [7, 11) is 0. The predicted molar refractivity (Wildman–Crippen MR) is 55.8 cm³/mol. The highest BCUT2D eigenvalue weighted by Crippen LogP contribution is 2.22. The van der Waals surface area contributed by atoms with Crippen molar-refractivity contribution in [3.05, 3.63) is 0 Å². The van der Waals surface area contributed by atoms with Gasteiger partial charge in [0.15, 0.2) is 0 Å². The molecule has 0 aliphatic carbocycles. The van der Waals surface area contributed by atoms with E-state index in [0.717, 1.165) is 0 Å². The second kappa shape index (κ2) is 6.33. The van der Waals surface area contributed by atoms with Crippen molar-refractivity contribution >= 4 is 5.91 Å². The van der Waals surface area contributed by atoms with Crippen molar-refractivity contribution in [2.24, 2.45) is 0 Å². The summed E-state index contributed by atoms with van der Waals surface area (Å²) >= 11 is 0. The first-order chi connectivity index (χ1) is 8.34. The third kappa shape index (κ3) is 4.09. The largest absolute Gasteiger partial charge is 0.383 e. The molecular formula is C10H16F4N2O2. The number of amides is 1. The summed E-state index contributed by atoms with van der Waals surface area (Å²) in [5.74, 6) is -6.57. The van der Waals surface area contributed by atoms with Crippen LogP contribution in [0.25, 0.3) is 0 Å². The summed E-state index contributed by atoms with van der Waals surface area (Å²) < 4.78 is 54.3. The van der Waals surface area contributed by atoms with Crippen LogP contribution in [-0.4, -0.2) is 62.0 Å². The van der Waals surface area contributed by atoms with Gasteiger partial charge in [-0.25, -0.2) is 8.78 Å². The zero-order valence-electron chi connectivity index (χ0n) is 9.97. The van der Waals surface area contributed by atoms with Gasteiger partial charge in [0.25, 0.3) is 5.91 Å². The number of rotatable bonds is 5. The molecular weight excluding hydrogens is 256 g/mol. The van der Waals surface area contributed by atoms with E-state index in [0.29, 0.717) is 32.8 Å². The summed E-state index contributed by atoms with van der Waals surface area (Å²) in [6, 6.07) is -0.625. The molecule has 1 heterocycles. The standard InChI is InChI=1S/C10H16F4N2O2/c1-7(6-16-2-4-18-5-3-16)15-9(17)10(13,14)8(11)12/h7-8H,2-6H2,1H3,(H,15,17). The lowest BCUT2D eigenvalue weighted by molar-refractivity contribution is -0.170. The first-order valence-corrected chi connectivity index (χ1v) is 5.61. The molecule has 0 radical (unpaired) electrons. The molecule has 1 saturated heterocycles. The molecule has 0 aromatic rings. The number of carbonyl (C=O) groups is 1. The number of carbonyl (C=O) groups excluding carboxylic acids is 1. The molecule has 1 aliphatic heterocycles. The van der Waals surface area contributed by atoms with Crippen LogP contribution < -0.4 is 5.32 Å². The van der Waals surface area contributed by atoms with Crippen molar-refractivity contribution in [1.82, 2.24) is 10.2 Å². The minimum Gasteiger partial charge on any atom is -0.379 e. The lowest BCUT2D eigenvalue weighted by atomic mass is 10.2. The monoisotopic (exact) mass is 272 g/mol. The minimum atomic E-state index is -4.64. The van der Waals surface area contributed by atoms with E-state index < -0.39 is 24.3 Å². The number of ether oxygens (including phenoxy) is 1. The minimum absolute atomic E-state index is 0.328. The second-order valence-corrected chi connectivity index (χ2v) is 4.21. The zero-order valence-corrected chi connectivity index (χ0v) is 9.97. The van der Waals surface area contributed by atoms with Crippen molar-refractivity contribution < 1.29 is 27.1 Å². The molecule has 1 unspecified atom stereocenters. The maximum atomic E-state index is 12.7. The summed E-state index contributed by atoms with van der Waals surface area (Å²) in [4.78, 5) is 12.9. The summed E-state index contributed by atoms with van der Waals surface area (Å²) in [6.07, 6.45) is -3.99. The normalized spacial score (nSPS) is 19.9. The van der Waals surface area contributed by atoms with Crippen LogP contribution in [0.15, 0.2) is 0 Å². The maximum Gasteiger partial charge on any atom is 0.383 e. The van der Waals surface area contributed by atoms with Crippen molar-refractivity contribution in [3.63, 3.8) is 0 Å². The fourth-order valence-corrected chi connectivity index (χ4v) is 1.64. The van der Waals surface area contributed by atoms with Crippen LogP contribution in [0.5, 0.6) is 0 Å². The molecule has 1 amide bonds. The lowest BCUT2D eigenvalue weighted by Gasteiger charge is -2.29. The first-order valence-electron chi connectivity index (χ1n) is 5.61. The van der Waals surface area contributed by atoms with E-state index in [1.807, 2.05) is 10.2 Å². The maximum absolute atomic E-state index is 12.7. The highest BCUT2D eigenvalue weighted by Gasteiger charge is 2.49. The van der Waals surface area contributed by atoms with Crippen LogP contribution in [-0.2, 0) is 9.53 Å². The average Bonchev–Trinajstić information content (AvgIpc) is 2.29.